The van der Waals surface area contributed by atoms with E-state index in [9.17, 15) is 0 Å². The normalized spacial score (nSPS) is 11.6. The minimum absolute atomic E-state index is 0.485. The Morgan fingerprint density at radius 2 is 2.32 bits per heavy atom. The number of rotatable bonds is 8. The van der Waals surface area contributed by atoms with E-state index in [2.05, 4.69) is 10.3 Å². The SMILES string of the molecule is CCOCCCN=C(N)NCCc1cccc(Cl)c1. The van der Waals surface area contributed by atoms with Crippen LogP contribution in [-0.4, -0.2) is 32.3 Å². The van der Waals surface area contributed by atoms with Crippen LogP contribution in [-0.2, 0) is 11.2 Å². The van der Waals surface area contributed by atoms with Gasteiger partial charge in [0.25, 0.3) is 0 Å². The summed E-state index contributed by atoms with van der Waals surface area (Å²) < 4.78 is 5.22. The second-order valence-electron chi connectivity index (χ2n) is 4.12. The molecular weight excluding hydrogens is 262 g/mol. The second-order valence-corrected chi connectivity index (χ2v) is 4.56. The third kappa shape index (κ3) is 7.70. The Morgan fingerprint density at radius 1 is 1.47 bits per heavy atom. The van der Waals surface area contributed by atoms with E-state index in [1.54, 1.807) is 0 Å². The number of hydrogen-bond donors (Lipinski definition) is 2. The number of hydrogen-bond acceptors (Lipinski definition) is 2. The molecule has 3 N–H and O–H groups in total. The molecule has 0 unspecified atom stereocenters. The molecule has 0 bridgehead atoms. The van der Waals surface area contributed by atoms with Crippen molar-refractivity contribution in [3.63, 3.8) is 0 Å². The van der Waals surface area contributed by atoms with Crippen molar-refractivity contribution in [2.75, 3.05) is 26.3 Å². The molecule has 19 heavy (non-hydrogen) atoms. The fourth-order valence-electron chi connectivity index (χ4n) is 1.59. The lowest BCUT2D eigenvalue weighted by Crippen LogP contribution is -2.33. The third-order valence-electron chi connectivity index (χ3n) is 2.54. The zero-order chi connectivity index (χ0) is 13.9. The highest BCUT2D eigenvalue weighted by Gasteiger charge is 1.95. The molecule has 0 aliphatic rings. The quantitative estimate of drug-likeness (QED) is 0.437. The summed E-state index contributed by atoms with van der Waals surface area (Å²) in [5.41, 5.74) is 6.94. The number of halogens is 1. The molecule has 1 rings (SSSR count). The molecule has 0 saturated heterocycles. The van der Waals surface area contributed by atoms with E-state index in [0.29, 0.717) is 12.5 Å². The molecule has 0 aliphatic heterocycles. The van der Waals surface area contributed by atoms with Crippen LogP contribution in [0.5, 0.6) is 0 Å². The molecule has 1 aromatic rings. The molecular formula is C14H22ClN3O. The summed E-state index contributed by atoms with van der Waals surface area (Å²) >= 11 is 5.92. The summed E-state index contributed by atoms with van der Waals surface area (Å²) in [7, 11) is 0. The van der Waals surface area contributed by atoms with Gasteiger partial charge < -0.3 is 15.8 Å². The van der Waals surface area contributed by atoms with Gasteiger partial charge in [-0.2, -0.15) is 0 Å². The first-order valence-electron chi connectivity index (χ1n) is 6.58. The smallest absolute Gasteiger partial charge is 0.188 e. The van der Waals surface area contributed by atoms with Crippen molar-refractivity contribution >= 4 is 17.6 Å². The number of nitrogens with two attached hydrogens (primary N) is 1. The van der Waals surface area contributed by atoms with Crippen LogP contribution in [0, 0.1) is 0 Å². The van der Waals surface area contributed by atoms with Crippen LogP contribution in [0.2, 0.25) is 5.02 Å². The van der Waals surface area contributed by atoms with Gasteiger partial charge in [0.05, 0.1) is 0 Å². The molecule has 5 heteroatoms. The minimum Gasteiger partial charge on any atom is -0.382 e. The topological polar surface area (TPSA) is 59.6 Å². The monoisotopic (exact) mass is 283 g/mol. The van der Waals surface area contributed by atoms with E-state index < -0.39 is 0 Å². The maximum absolute atomic E-state index is 5.92. The molecule has 0 fully saturated rings. The molecule has 0 saturated carbocycles. The Hall–Kier alpha value is -1.26. The molecule has 0 aliphatic carbocycles. The van der Waals surface area contributed by atoms with Crippen molar-refractivity contribution in [3.05, 3.63) is 34.9 Å². The van der Waals surface area contributed by atoms with E-state index in [1.165, 1.54) is 5.56 Å². The second kappa shape index (κ2) is 9.64. The summed E-state index contributed by atoms with van der Waals surface area (Å²) in [4.78, 5) is 4.22. The maximum atomic E-state index is 5.92. The van der Waals surface area contributed by atoms with Gasteiger partial charge in [0, 0.05) is 31.3 Å². The summed E-state index contributed by atoms with van der Waals surface area (Å²) in [6.45, 7) is 4.90. The van der Waals surface area contributed by atoms with Crippen LogP contribution < -0.4 is 11.1 Å². The van der Waals surface area contributed by atoms with Crippen LogP contribution >= 0.6 is 11.6 Å². The third-order valence-corrected chi connectivity index (χ3v) is 2.78. The van der Waals surface area contributed by atoms with Crippen LogP contribution in [0.3, 0.4) is 0 Å². The molecule has 0 aromatic heterocycles. The predicted molar refractivity (Wildman–Crippen MR) is 80.8 cm³/mol. The largest absolute Gasteiger partial charge is 0.382 e. The molecule has 0 atom stereocenters. The number of guanidine groups is 1. The molecule has 0 radical (unpaired) electrons. The van der Waals surface area contributed by atoms with Gasteiger partial charge in [-0.15, -0.1) is 0 Å². The van der Waals surface area contributed by atoms with Crippen molar-refractivity contribution in [1.82, 2.24) is 5.32 Å². The number of nitrogens with zero attached hydrogens (tertiary/aromatic N) is 1. The van der Waals surface area contributed by atoms with Crippen LogP contribution in [0.15, 0.2) is 29.3 Å². The number of nitrogens with one attached hydrogen (secondary N) is 1. The molecule has 0 spiro atoms. The lowest BCUT2D eigenvalue weighted by Gasteiger charge is -2.06. The van der Waals surface area contributed by atoms with Crippen molar-refractivity contribution in [2.24, 2.45) is 10.7 Å². The lowest BCUT2D eigenvalue weighted by molar-refractivity contribution is 0.146. The first kappa shape index (κ1) is 15.8. The van der Waals surface area contributed by atoms with E-state index in [1.807, 2.05) is 31.2 Å². The molecule has 0 heterocycles. The zero-order valence-electron chi connectivity index (χ0n) is 11.4. The van der Waals surface area contributed by atoms with E-state index in [0.717, 1.165) is 37.6 Å². The van der Waals surface area contributed by atoms with Gasteiger partial charge in [0.1, 0.15) is 0 Å². The highest BCUT2D eigenvalue weighted by Crippen LogP contribution is 2.10. The Kier molecular flexibility index (Phi) is 8.02. The minimum atomic E-state index is 0.485. The Bertz CT molecular complexity index is 396. The predicted octanol–water partition coefficient (Wildman–Crippen LogP) is 2.21. The first-order valence-corrected chi connectivity index (χ1v) is 6.96. The number of aliphatic imine (C=N–C) groups is 1. The van der Waals surface area contributed by atoms with Gasteiger partial charge >= 0.3 is 0 Å². The van der Waals surface area contributed by atoms with E-state index in [4.69, 9.17) is 22.1 Å². The summed E-state index contributed by atoms with van der Waals surface area (Å²) in [5, 5.41) is 3.84. The van der Waals surface area contributed by atoms with Crippen molar-refractivity contribution in [2.45, 2.75) is 19.8 Å². The highest BCUT2D eigenvalue weighted by molar-refractivity contribution is 6.30. The van der Waals surface area contributed by atoms with Crippen LogP contribution in [0.1, 0.15) is 18.9 Å². The summed E-state index contributed by atoms with van der Waals surface area (Å²) in [5.74, 6) is 0.485. The van der Waals surface area contributed by atoms with Crippen molar-refractivity contribution in [3.8, 4) is 0 Å². The fraction of sp³-hybridized carbons (Fsp3) is 0.500. The van der Waals surface area contributed by atoms with Gasteiger partial charge in [-0.3, -0.25) is 4.99 Å². The zero-order valence-corrected chi connectivity index (χ0v) is 12.1. The van der Waals surface area contributed by atoms with Gasteiger partial charge in [-0.05, 0) is 37.5 Å². The van der Waals surface area contributed by atoms with Gasteiger partial charge in [-0.25, -0.2) is 0 Å². The molecule has 0 amide bonds. The number of ether oxygens (including phenoxy) is 1. The van der Waals surface area contributed by atoms with Gasteiger partial charge in [0.2, 0.25) is 0 Å². The molecule has 4 nitrogen and oxygen atoms in total. The highest BCUT2D eigenvalue weighted by atomic mass is 35.5. The fourth-order valence-corrected chi connectivity index (χ4v) is 1.81. The van der Waals surface area contributed by atoms with Crippen molar-refractivity contribution in [1.29, 1.82) is 0 Å². The van der Waals surface area contributed by atoms with Gasteiger partial charge in [-0.1, -0.05) is 23.7 Å². The van der Waals surface area contributed by atoms with Gasteiger partial charge in [0.15, 0.2) is 5.96 Å². The first-order chi connectivity index (χ1) is 9.22. The van der Waals surface area contributed by atoms with Crippen LogP contribution in [0.4, 0.5) is 0 Å². The molecule has 106 valence electrons. The summed E-state index contributed by atoms with van der Waals surface area (Å²) in [6, 6.07) is 7.82. The lowest BCUT2D eigenvalue weighted by atomic mass is 10.1. The Morgan fingerprint density at radius 3 is 3.05 bits per heavy atom. The standard InChI is InChI=1S/C14H22ClN3O/c1-2-19-10-4-8-17-14(16)18-9-7-12-5-3-6-13(15)11-12/h3,5-6,11H,2,4,7-10H2,1H3,(H3,16,17,18). The Balaban J connectivity index is 2.16. The maximum Gasteiger partial charge on any atom is 0.188 e. The van der Waals surface area contributed by atoms with Crippen molar-refractivity contribution < 1.29 is 4.74 Å². The van der Waals surface area contributed by atoms with E-state index >= 15 is 0 Å². The average molecular weight is 284 g/mol. The Labute approximate surface area is 120 Å². The summed E-state index contributed by atoms with van der Waals surface area (Å²) in [6.07, 6.45) is 1.76. The van der Waals surface area contributed by atoms with E-state index in [-0.39, 0.29) is 0 Å². The molecule has 1 aromatic carbocycles. The average Bonchev–Trinajstić information content (AvgIpc) is 2.38. The van der Waals surface area contributed by atoms with Crippen LogP contribution in [0.25, 0.3) is 0 Å². The number of benzene rings is 1.